The fraction of sp³-hybridized carbons (Fsp3) is 0.111. The Morgan fingerprint density at radius 2 is 2.08 bits per heavy atom. The molecule has 0 fully saturated rings. The van der Waals surface area contributed by atoms with Crippen LogP contribution >= 0.6 is 23.2 Å². The van der Waals surface area contributed by atoms with E-state index in [9.17, 15) is 4.39 Å². The van der Waals surface area contributed by atoms with Gasteiger partial charge in [-0.1, -0.05) is 29.8 Å². The van der Waals surface area contributed by atoms with E-state index in [1.54, 1.807) is 0 Å². The van der Waals surface area contributed by atoms with E-state index in [0.29, 0.717) is 10.6 Å². The van der Waals surface area contributed by atoms with Gasteiger partial charge in [-0.25, -0.2) is 4.39 Å². The largest absolute Gasteiger partial charge is 0.497 e. The Balaban J connectivity index is 3.33. The van der Waals surface area contributed by atoms with E-state index in [1.807, 2.05) is 0 Å². The summed E-state index contributed by atoms with van der Waals surface area (Å²) in [4.78, 5) is 0. The van der Waals surface area contributed by atoms with Crippen molar-refractivity contribution in [2.75, 3.05) is 7.11 Å². The molecular formula is C9H7Cl2FO. The zero-order valence-electron chi connectivity index (χ0n) is 6.90. The Bertz CT molecular complexity index is 350. The molecule has 13 heavy (non-hydrogen) atoms. The third kappa shape index (κ3) is 1.95. The highest BCUT2D eigenvalue weighted by molar-refractivity contribution is 6.37. The first-order chi connectivity index (χ1) is 6.07. The van der Waals surface area contributed by atoms with Crippen molar-refractivity contribution in [3.8, 4) is 0 Å². The molecular weight excluding hydrogens is 214 g/mol. The van der Waals surface area contributed by atoms with Crippen molar-refractivity contribution in [2.24, 2.45) is 0 Å². The molecule has 1 nitrogen and oxygen atoms in total. The van der Waals surface area contributed by atoms with Crippen molar-refractivity contribution in [3.05, 3.63) is 40.1 Å². The molecule has 1 aromatic carbocycles. The quantitative estimate of drug-likeness (QED) is 0.545. The van der Waals surface area contributed by atoms with Crippen LogP contribution in [0.1, 0.15) is 5.56 Å². The monoisotopic (exact) mass is 220 g/mol. The summed E-state index contributed by atoms with van der Waals surface area (Å²) in [7, 11) is 1.42. The number of hydrogen-bond acceptors (Lipinski definition) is 1. The Kier molecular flexibility index (Phi) is 3.17. The van der Waals surface area contributed by atoms with Crippen LogP contribution in [0, 0.1) is 5.82 Å². The summed E-state index contributed by atoms with van der Waals surface area (Å²) in [6.07, 6.45) is 0. The van der Waals surface area contributed by atoms with E-state index in [2.05, 4.69) is 6.58 Å². The third-order valence-corrected chi connectivity index (χ3v) is 2.25. The fourth-order valence-electron chi connectivity index (χ4n) is 0.885. The Morgan fingerprint density at radius 1 is 1.46 bits per heavy atom. The predicted octanol–water partition coefficient (Wildman–Crippen LogP) is 3.75. The number of rotatable bonds is 2. The summed E-state index contributed by atoms with van der Waals surface area (Å²) in [5.41, 5.74) is 0.297. The summed E-state index contributed by atoms with van der Waals surface area (Å²) in [5.74, 6) is -0.297. The molecule has 4 heteroatoms. The molecule has 0 aromatic heterocycles. The maximum Gasteiger partial charge on any atom is 0.142 e. The van der Waals surface area contributed by atoms with E-state index in [4.69, 9.17) is 27.9 Å². The van der Waals surface area contributed by atoms with Gasteiger partial charge in [0.1, 0.15) is 11.6 Å². The van der Waals surface area contributed by atoms with Crippen molar-refractivity contribution in [1.29, 1.82) is 0 Å². The highest BCUT2D eigenvalue weighted by atomic mass is 35.5. The first kappa shape index (κ1) is 10.4. The Hall–Kier alpha value is -0.730. The van der Waals surface area contributed by atoms with Gasteiger partial charge >= 0.3 is 0 Å². The fourth-order valence-corrected chi connectivity index (χ4v) is 1.47. The number of benzene rings is 1. The highest BCUT2D eigenvalue weighted by Crippen LogP contribution is 2.32. The summed E-state index contributed by atoms with van der Waals surface area (Å²) >= 11 is 11.5. The lowest BCUT2D eigenvalue weighted by Gasteiger charge is -2.08. The number of methoxy groups -OCH3 is 1. The molecule has 1 aromatic rings. The van der Waals surface area contributed by atoms with Crippen LogP contribution in [0.25, 0.3) is 5.76 Å². The minimum absolute atomic E-state index is 0.0700. The van der Waals surface area contributed by atoms with E-state index in [-0.39, 0.29) is 10.8 Å². The van der Waals surface area contributed by atoms with Crippen LogP contribution in [0.2, 0.25) is 10.0 Å². The van der Waals surface area contributed by atoms with Gasteiger partial charge in [-0.3, -0.25) is 0 Å². The molecule has 0 saturated carbocycles. The standard InChI is InChI=1S/C9H7Cl2FO/c1-5(13-2)8-6(10)3-4-7(12)9(8)11/h3-4H,1H2,2H3. The van der Waals surface area contributed by atoms with Gasteiger partial charge in [0, 0.05) is 0 Å². The third-order valence-electron chi connectivity index (χ3n) is 1.57. The van der Waals surface area contributed by atoms with Crippen molar-refractivity contribution in [1.82, 2.24) is 0 Å². The normalized spacial score (nSPS) is 9.85. The molecule has 0 saturated heterocycles. The minimum atomic E-state index is -0.542. The van der Waals surface area contributed by atoms with E-state index in [1.165, 1.54) is 19.2 Å². The molecule has 0 radical (unpaired) electrons. The molecule has 0 aliphatic rings. The first-order valence-corrected chi connectivity index (χ1v) is 4.20. The summed E-state index contributed by atoms with van der Waals surface area (Å²) in [5, 5.41) is 0.248. The van der Waals surface area contributed by atoms with Crippen LogP contribution in [0.3, 0.4) is 0 Å². The first-order valence-electron chi connectivity index (χ1n) is 3.44. The Morgan fingerprint density at radius 3 is 2.62 bits per heavy atom. The van der Waals surface area contributed by atoms with Crippen LogP contribution in [0.15, 0.2) is 18.7 Å². The van der Waals surface area contributed by atoms with Gasteiger partial charge in [0.25, 0.3) is 0 Å². The Labute approximate surface area is 85.7 Å². The average molecular weight is 221 g/mol. The smallest absolute Gasteiger partial charge is 0.142 e. The summed E-state index contributed by atoms with van der Waals surface area (Å²) in [6, 6.07) is 2.60. The molecule has 0 N–H and O–H groups in total. The van der Waals surface area contributed by atoms with Crippen molar-refractivity contribution < 1.29 is 9.13 Å². The van der Waals surface area contributed by atoms with Crippen LogP contribution in [-0.2, 0) is 4.74 Å². The van der Waals surface area contributed by atoms with Crippen molar-refractivity contribution >= 4 is 29.0 Å². The van der Waals surface area contributed by atoms with Gasteiger partial charge in [0.15, 0.2) is 0 Å². The minimum Gasteiger partial charge on any atom is -0.497 e. The van der Waals surface area contributed by atoms with E-state index in [0.717, 1.165) is 0 Å². The molecule has 0 amide bonds. The van der Waals surface area contributed by atoms with Crippen LogP contribution in [0.5, 0.6) is 0 Å². The summed E-state index contributed by atoms with van der Waals surface area (Å²) in [6.45, 7) is 3.55. The van der Waals surface area contributed by atoms with Crippen molar-refractivity contribution in [2.45, 2.75) is 0 Å². The van der Waals surface area contributed by atoms with Crippen LogP contribution in [-0.4, -0.2) is 7.11 Å². The van der Waals surface area contributed by atoms with E-state index < -0.39 is 5.82 Å². The number of halogens is 3. The van der Waals surface area contributed by atoms with Gasteiger partial charge in [-0.05, 0) is 12.1 Å². The molecule has 0 bridgehead atoms. The highest BCUT2D eigenvalue weighted by Gasteiger charge is 2.13. The zero-order valence-corrected chi connectivity index (χ0v) is 8.42. The molecule has 0 aliphatic heterocycles. The van der Waals surface area contributed by atoms with Gasteiger partial charge in [-0.2, -0.15) is 0 Å². The second kappa shape index (κ2) is 3.99. The van der Waals surface area contributed by atoms with Gasteiger partial charge in [0.05, 0.1) is 22.7 Å². The van der Waals surface area contributed by atoms with E-state index >= 15 is 0 Å². The lowest BCUT2D eigenvalue weighted by atomic mass is 10.2. The molecule has 70 valence electrons. The molecule has 1 rings (SSSR count). The van der Waals surface area contributed by atoms with Gasteiger partial charge < -0.3 is 4.74 Å². The number of ether oxygens (including phenoxy) is 1. The average Bonchev–Trinajstić information content (AvgIpc) is 2.12. The van der Waals surface area contributed by atoms with Gasteiger partial charge in [-0.15, -0.1) is 0 Å². The maximum atomic E-state index is 13.0. The molecule has 0 unspecified atom stereocenters. The van der Waals surface area contributed by atoms with Crippen molar-refractivity contribution in [3.63, 3.8) is 0 Å². The number of hydrogen-bond donors (Lipinski definition) is 0. The lowest BCUT2D eigenvalue weighted by Crippen LogP contribution is -1.91. The molecule has 0 heterocycles. The van der Waals surface area contributed by atoms with Gasteiger partial charge in [0.2, 0.25) is 0 Å². The predicted molar refractivity (Wildman–Crippen MR) is 52.5 cm³/mol. The molecule has 0 spiro atoms. The van der Waals surface area contributed by atoms with Crippen LogP contribution in [0.4, 0.5) is 4.39 Å². The SMILES string of the molecule is C=C(OC)c1c(Cl)ccc(F)c1Cl. The summed E-state index contributed by atoms with van der Waals surface area (Å²) < 4.78 is 17.8. The zero-order chi connectivity index (χ0) is 10.0. The molecule has 0 atom stereocenters. The topological polar surface area (TPSA) is 9.23 Å². The molecule has 0 aliphatic carbocycles. The van der Waals surface area contributed by atoms with Crippen LogP contribution < -0.4 is 0 Å². The lowest BCUT2D eigenvalue weighted by molar-refractivity contribution is 0.371. The second-order valence-corrected chi connectivity index (χ2v) is 3.13. The maximum absolute atomic E-state index is 13.0. The second-order valence-electron chi connectivity index (χ2n) is 2.35.